The summed E-state index contributed by atoms with van der Waals surface area (Å²) in [6, 6.07) is 24.5. The molecule has 212 valence electrons. The van der Waals surface area contributed by atoms with Gasteiger partial charge in [-0.2, -0.15) is 0 Å². The third kappa shape index (κ3) is 8.02. The number of amides is 2. The molecular weight excluding hydrogens is 522 g/mol. The highest BCUT2D eigenvalue weighted by molar-refractivity contribution is 7.89. The Morgan fingerprint density at radius 2 is 1.48 bits per heavy atom. The molecule has 4 rings (SSSR count). The van der Waals surface area contributed by atoms with E-state index in [0.29, 0.717) is 49.3 Å². The average Bonchev–Trinajstić information content (AvgIpc) is 2.93. The van der Waals surface area contributed by atoms with Gasteiger partial charge in [-0.1, -0.05) is 69.3 Å². The van der Waals surface area contributed by atoms with Crippen LogP contribution in [0, 0.1) is 5.92 Å². The fourth-order valence-corrected chi connectivity index (χ4v) is 6.41. The van der Waals surface area contributed by atoms with Crippen molar-refractivity contribution in [3.63, 3.8) is 0 Å². The van der Waals surface area contributed by atoms with Crippen LogP contribution in [0.1, 0.15) is 61.5 Å². The van der Waals surface area contributed by atoms with Gasteiger partial charge >= 0.3 is 0 Å². The second-order valence-corrected chi connectivity index (χ2v) is 13.5. The largest absolute Gasteiger partial charge is 0.326 e. The Bertz CT molecular complexity index is 1410. The normalized spacial score (nSPS) is 15.0. The highest BCUT2D eigenvalue weighted by Gasteiger charge is 2.31. The molecule has 40 heavy (non-hydrogen) atoms. The van der Waals surface area contributed by atoms with Crippen molar-refractivity contribution in [1.82, 2.24) is 4.31 Å². The van der Waals surface area contributed by atoms with E-state index in [4.69, 9.17) is 0 Å². The molecule has 7 nitrogen and oxygen atoms in total. The molecule has 0 atom stereocenters. The van der Waals surface area contributed by atoms with Crippen LogP contribution in [-0.4, -0.2) is 43.4 Å². The second-order valence-electron chi connectivity index (χ2n) is 11.4. The minimum atomic E-state index is -3.35. The summed E-state index contributed by atoms with van der Waals surface area (Å²) in [5, 5.41) is 5.83. The molecule has 1 fully saturated rings. The summed E-state index contributed by atoms with van der Waals surface area (Å²) in [7, 11) is -3.35. The predicted molar refractivity (Wildman–Crippen MR) is 161 cm³/mol. The molecule has 0 saturated carbocycles. The molecule has 0 unspecified atom stereocenters. The average molecular weight is 562 g/mol. The molecule has 2 N–H and O–H groups in total. The zero-order valence-electron chi connectivity index (χ0n) is 23.5. The Labute approximate surface area is 238 Å². The monoisotopic (exact) mass is 561 g/mol. The number of hydrogen-bond donors (Lipinski definition) is 2. The Kier molecular flexibility index (Phi) is 9.43. The first-order valence-electron chi connectivity index (χ1n) is 13.9. The van der Waals surface area contributed by atoms with Gasteiger partial charge in [-0.3, -0.25) is 9.59 Å². The van der Waals surface area contributed by atoms with E-state index in [1.54, 1.807) is 24.3 Å². The van der Waals surface area contributed by atoms with Crippen molar-refractivity contribution < 1.29 is 18.0 Å². The van der Waals surface area contributed by atoms with Gasteiger partial charge in [0.1, 0.15) is 0 Å². The maximum absolute atomic E-state index is 13.0. The summed E-state index contributed by atoms with van der Waals surface area (Å²) in [5.74, 6) is -0.517. The first-order chi connectivity index (χ1) is 19.0. The zero-order chi connectivity index (χ0) is 28.8. The van der Waals surface area contributed by atoms with Gasteiger partial charge in [0.15, 0.2) is 0 Å². The Hall–Kier alpha value is -3.49. The van der Waals surface area contributed by atoms with Crippen LogP contribution >= 0.6 is 0 Å². The van der Waals surface area contributed by atoms with Gasteiger partial charge in [0.05, 0.1) is 5.75 Å². The summed E-state index contributed by atoms with van der Waals surface area (Å²) >= 11 is 0. The fourth-order valence-electron chi connectivity index (χ4n) is 4.87. The summed E-state index contributed by atoms with van der Waals surface area (Å²) in [5.41, 5.74) is 4.02. The van der Waals surface area contributed by atoms with E-state index in [2.05, 4.69) is 31.4 Å². The van der Waals surface area contributed by atoms with E-state index < -0.39 is 10.0 Å². The number of carbonyl (C=O) groups is 2. The van der Waals surface area contributed by atoms with Gasteiger partial charge in [-0.25, -0.2) is 12.7 Å². The molecule has 8 heteroatoms. The van der Waals surface area contributed by atoms with Crippen molar-refractivity contribution in [1.29, 1.82) is 0 Å². The van der Waals surface area contributed by atoms with Gasteiger partial charge in [-0.15, -0.1) is 0 Å². The van der Waals surface area contributed by atoms with E-state index in [9.17, 15) is 18.0 Å². The topological polar surface area (TPSA) is 95.6 Å². The number of nitrogens with one attached hydrogen (secondary N) is 2. The lowest BCUT2D eigenvalue weighted by atomic mass is 9.87. The number of anilines is 2. The number of nitrogens with zero attached hydrogens (tertiary/aromatic N) is 1. The minimum Gasteiger partial charge on any atom is -0.326 e. The third-order valence-corrected chi connectivity index (χ3v) is 9.29. The molecule has 3 aromatic carbocycles. The predicted octanol–water partition coefficient (Wildman–Crippen LogP) is 5.85. The molecule has 0 aliphatic carbocycles. The lowest BCUT2D eigenvalue weighted by molar-refractivity contribution is -0.120. The maximum atomic E-state index is 13.0. The number of carbonyl (C=O) groups excluding carboxylic acids is 2. The van der Waals surface area contributed by atoms with E-state index >= 15 is 0 Å². The summed E-state index contributed by atoms with van der Waals surface area (Å²) in [4.78, 5) is 25.7. The molecule has 0 radical (unpaired) electrons. The minimum absolute atomic E-state index is 0.00887. The Balaban J connectivity index is 1.26. The molecule has 0 spiro atoms. The van der Waals surface area contributed by atoms with E-state index in [1.165, 1.54) is 4.31 Å². The van der Waals surface area contributed by atoms with Crippen LogP contribution in [0.4, 0.5) is 11.4 Å². The van der Waals surface area contributed by atoms with E-state index in [-0.39, 0.29) is 28.9 Å². The smallest absolute Gasteiger partial charge is 0.255 e. The van der Waals surface area contributed by atoms with E-state index in [1.807, 2.05) is 54.6 Å². The molecule has 1 saturated heterocycles. The van der Waals surface area contributed by atoms with Crippen LogP contribution in [0.3, 0.4) is 0 Å². The van der Waals surface area contributed by atoms with E-state index in [0.717, 1.165) is 17.5 Å². The molecule has 0 bridgehead atoms. The molecule has 0 aromatic heterocycles. The lowest BCUT2D eigenvalue weighted by Crippen LogP contribution is -2.42. The number of benzene rings is 3. The van der Waals surface area contributed by atoms with Crippen LogP contribution < -0.4 is 10.6 Å². The second kappa shape index (κ2) is 12.8. The number of aryl methyl sites for hydroxylation is 1. The Morgan fingerprint density at radius 1 is 0.850 bits per heavy atom. The SMILES string of the molecule is CC(C)(C)c1ccc(C(=O)Nc2cccc(NC(=O)C3CCN(S(=O)(=O)CCCc4ccccc4)CC3)c2)cc1. The van der Waals surface area contributed by atoms with Crippen molar-refractivity contribution in [2.45, 2.75) is 51.9 Å². The Morgan fingerprint density at radius 3 is 2.10 bits per heavy atom. The maximum Gasteiger partial charge on any atom is 0.255 e. The van der Waals surface area contributed by atoms with Gasteiger partial charge in [0, 0.05) is 35.9 Å². The van der Waals surface area contributed by atoms with Crippen LogP contribution in [0.5, 0.6) is 0 Å². The summed E-state index contributed by atoms with van der Waals surface area (Å²) < 4.78 is 27.2. The molecular formula is C32H39N3O4S. The number of rotatable bonds is 9. The fraction of sp³-hybridized carbons (Fsp3) is 0.375. The van der Waals surface area contributed by atoms with Crippen molar-refractivity contribution in [3.05, 3.63) is 95.6 Å². The van der Waals surface area contributed by atoms with Crippen LogP contribution in [0.15, 0.2) is 78.9 Å². The van der Waals surface area contributed by atoms with Crippen LogP contribution in [0.2, 0.25) is 0 Å². The van der Waals surface area contributed by atoms with Gasteiger partial charge in [-0.05, 0) is 72.6 Å². The first kappa shape index (κ1) is 29.5. The summed E-state index contributed by atoms with van der Waals surface area (Å²) in [6.07, 6.45) is 2.25. The van der Waals surface area contributed by atoms with Crippen LogP contribution in [-0.2, 0) is 26.7 Å². The first-order valence-corrected chi connectivity index (χ1v) is 15.5. The van der Waals surface area contributed by atoms with Gasteiger partial charge < -0.3 is 10.6 Å². The van der Waals surface area contributed by atoms with Gasteiger partial charge in [0.2, 0.25) is 15.9 Å². The van der Waals surface area contributed by atoms with Crippen LogP contribution in [0.25, 0.3) is 0 Å². The number of piperidine rings is 1. The molecule has 1 aliphatic heterocycles. The highest BCUT2D eigenvalue weighted by atomic mass is 32.2. The number of sulfonamides is 1. The molecule has 2 amide bonds. The van der Waals surface area contributed by atoms with Crippen molar-refractivity contribution in [3.8, 4) is 0 Å². The zero-order valence-corrected chi connectivity index (χ0v) is 24.3. The van der Waals surface area contributed by atoms with Gasteiger partial charge in [0.25, 0.3) is 5.91 Å². The molecule has 3 aromatic rings. The molecule has 1 heterocycles. The number of hydrogen-bond acceptors (Lipinski definition) is 4. The highest BCUT2D eigenvalue weighted by Crippen LogP contribution is 2.25. The lowest BCUT2D eigenvalue weighted by Gasteiger charge is -2.30. The third-order valence-electron chi connectivity index (χ3n) is 7.33. The van der Waals surface area contributed by atoms with Crippen molar-refractivity contribution >= 4 is 33.2 Å². The standard InChI is InChI=1S/C32H39N3O4S/c1-32(2,3)27-16-14-25(15-17-27)30(36)33-28-12-7-13-29(23-28)34-31(37)26-18-20-35(21-19-26)40(38,39)22-8-11-24-9-5-4-6-10-24/h4-7,9-10,12-17,23,26H,8,11,18-22H2,1-3H3,(H,33,36)(H,34,37). The van der Waals surface area contributed by atoms with Crippen molar-refractivity contribution in [2.75, 3.05) is 29.5 Å². The summed E-state index contributed by atoms with van der Waals surface area (Å²) in [6.45, 7) is 7.07. The van der Waals surface area contributed by atoms with Crippen molar-refractivity contribution in [2.24, 2.45) is 5.92 Å². The quantitative estimate of drug-likeness (QED) is 0.343. The molecule has 1 aliphatic rings.